The van der Waals surface area contributed by atoms with E-state index in [4.69, 9.17) is 0 Å². The van der Waals surface area contributed by atoms with Crippen molar-refractivity contribution in [3.63, 3.8) is 0 Å². The van der Waals surface area contributed by atoms with Gasteiger partial charge in [0.15, 0.2) is 0 Å². The minimum atomic E-state index is -5.25. The molecule has 0 aliphatic rings. The average molecular weight is 339 g/mol. The van der Waals surface area contributed by atoms with E-state index in [0.717, 1.165) is 6.07 Å². The van der Waals surface area contributed by atoms with Gasteiger partial charge in [0.1, 0.15) is 0 Å². The van der Waals surface area contributed by atoms with Crippen LogP contribution in [0.2, 0.25) is 0 Å². The Balaban J connectivity index is 2.71. The van der Waals surface area contributed by atoms with E-state index >= 15 is 0 Å². The summed E-state index contributed by atoms with van der Waals surface area (Å²) in [5, 5.41) is 10.3. The van der Waals surface area contributed by atoms with Gasteiger partial charge >= 0.3 is 12.1 Å². The standard InChI is InChI=1S/C17H16F3NO3/c1-3-24-15(22)16(23,17(18,19)20)13-9-5-4-8-12(13)14-10-6-7-11(2)21-14/h4-10,23H,3H2,1-2H3. The Hall–Kier alpha value is -2.41. The van der Waals surface area contributed by atoms with Gasteiger partial charge in [-0.1, -0.05) is 30.3 Å². The Morgan fingerprint density at radius 1 is 1.17 bits per heavy atom. The molecule has 0 saturated carbocycles. The summed E-state index contributed by atoms with van der Waals surface area (Å²) in [4.78, 5) is 16.1. The number of aromatic nitrogens is 1. The molecule has 2 rings (SSSR count). The van der Waals surface area contributed by atoms with Crippen molar-refractivity contribution in [2.24, 2.45) is 0 Å². The maximum Gasteiger partial charge on any atom is 0.432 e. The van der Waals surface area contributed by atoms with Crippen molar-refractivity contribution in [3.05, 3.63) is 53.7 Å². The number of nitrogens with zero attached hydrogens (tertiary/aromatic N) is 1. The molecule has 0 radical (unpaired) electrons. The summed E-state index contributed by atoms with van der Waals surface area (Å²) in [7, 11) is 0. The maximum absolute atomic E-state index is 13.6. The van der Waals surface area contributed by atoms with E-state index in [-0.39, 0.29) is 17.9 Å². The van der Waals surface area contributed by atoms with Crippen LogP contribution in [-0.4, -0.2) is 28.8 Å². The number of carbonyl (C=O) groups is 1. The van der Waals surface area contributed by atoms with Crippen molar-refractivity contribution in [1.82, 2.24) is 4.98 Å². The number of esters is 1. The van der Waals surface area contributed by atoms with Gasteiger partial charge in [-0.2, -0.15) is 13.2 Å². The summed E-state index contributed by atoms with van der Waals surface area (Å²) in [6.07, 6.45) is -5.25. The second kappa shape index (κ2) is 6.60. The van der Waals surface area contributed by atoms with E-state index in [1.165, 1.54) is 31.2 Å². The van der Waals surface area contributed by atoms with Crippen molar-refractivity contribution in [3.8, 4) is 11.3 Å². The van der Waals surface area contributed by atoms with Crippen LogP contribution < -0.4 is 0 Å². The Bertz CT molecular complexity index is 746. The lowest BCUT2D eigenvalue weighted by molar-refractivity contribution is -0.267. The molecular weight excluding hydrogens is 323 g/mol. The van der Waals surface area contributed by atoms with Crippen molar-refractivity contribution in [2.45, 2.75) is 25.6 Å². The third-order valence-electron chi connectivity index (χ3n) is 3.46. The van der Waals surface area contributed by atoms with E-state index < -0.39 is 23.3 Å². The SMILES string of the molecule is CCOC(=O)C(O)(c1ccccc1-c1cccc(C)n1)C(F)(F)F. The Labute approximate surface area is 136 Å². The molecule has 0 amide bonds. The van der Waals surface area contributed by atoms with Crippen LogP contribution >= 0.6 is 0 Å². The van der Waals surface area contributed by atoms with Gasteiger partial charge in [-0.3, -0.25) is 4.98 Å². The van der Waals surface area contributed by atoms with Gasteiger partial charge in [-0.25, -0.2) is 4.79 Å². The molecule has 0 saturated heterocycles. The molecule has 1 N–H and O–H groups in total. The summed E-state index contributed by atoms with van der Waals surface area (Å²) in [6, 6.07) is 10.1. The molecule has 1 unspecified atom stereocenters. The molecule has 0 aliphatic carbocycles. The number of aliphatic hydroxyl groups is 1. The van der Waals surface area contributed by atoms with Gasteiger partial charge in [0.2, 0.25) is 0 Å². The van der Waals surface area contributed by atoms with Gasteiger partial charge in [-0.05, 0) is 26.0 Å². The van der Waals surface area contributed by atoms with Crippen LogP contribution in [0, 0.1) is 6.92 Å². The number of rotatable bonds is 4. The third-order valence-corrected chi connectivity index (χ3v) is 3.46. The Morgan fingerprint density at radius 3 is 2.42 bits per heavy atom. The zero-order valence-electron chi connectivity index (χ0n) is 13.1. The van der Waals surface area contributed by atoms with Crippen LogP contribution in [0.15, 0.2) is 42.5 Å². The van der Waals surface area contributed by atoms with Crippen LogP contribution in [0.3, 0.4) is 0 Å². The Kier molecular flexibility index (Phi) is 4.94. The zero-order chi connectivity index (χ0) is 18.0. The number of ether oxygens (including phenoxy) is 1. The lowest BCUT2D eigenvalue weighted by Crippen LogP contribution is -2.50. The first-order valence-electron chi connectivity index (χ1n) is 7.21. The van der Waals surface area contributed by atoms with Gasteiger partial charge < -0.3 is 9.84 Å². The fraction of sp³-hybridized carbons (Fsp3) is 0.294. The van der Waals surface area contributed by atoms with E-state index in [1.807, 2.05) is 0 Å². The number of hydrogen-bond acceptors (Lipinski definition) is 4. The number of pyridine rings is 1. The first-order valence-corrected chi connectivity index (χ1v) is 7.21. The van der Waals surface area contributed by atoms with Gasteiger partial charge in [-0.15, -0.1) is 0 Å². The van der Waals surface area contributed by atoms with E-state index in [9.17, 15) is 23.1 Å². The highest BCUT2D eigenvalue weighted by Crippen LogP contribution is 2.43. The predicted molar refractivity (Wildman–Crippen MR) is 81.0 cm³/mol. The minimum Gasteiger partial charge on any atom is -0.463 e. The largest absolute Gasteiger partial charge is 0.463 e. The fourth-order valence-electron chi connectivity index (χ4n) is 2.33. The fourth-order valence-corrected chi connectivity index (χ4v) is 2.33. The lowest BCUT2D eigenvalue weighted by atomic mass is 9.87. The number of carbonyl (C=O) groups excluding carboxylic acids is 1. The molecule has 7 heteroatoms. The molecule has 1 aromatic carbocycles. The molecular formula is C17H16F3NO3. The molecule has 1 heterocycles. The molecule has 0 aliphatic heterocycles. The molecule has 24 heavy (non-hydrogen) atoms. The van der Waals surface area contributed by atoms with Gasteiger partial charge in [0.25, 0.3) is 5.60 Å². The molecule has 1 atom stereocenters. The van der Waals surface area contributed by atoms with E-state index in [2.05, 4.69) is 9.72 Å². The smallest absolute Gasteiger partial charge is 0.432 e. The van der Waals surface area contributed by atoms with Crippen LogP contribution in [0.25, 0.3) is 11.3 Å². The summed E-state index contributed by atoms with van der Waals surface area (Å²) < 4.78 is 45.2. The quantitative estimate of drug-likeness (QED) is 0.868. The summed E-state index contributed by atoms with van der Waals surface area (Å²) >= 11 is 0. The zero-order valence-corrected chi connectivity index (χ0v) is 13.1. The van der Waals surface area contributed by atoms with Crippen LogP contribution in [0.4, 0.5) is 13.2 Å². The number of alkyl halides is 3. The molecule has 2 aromatic rings. The highest BCUT2D eigenvalue weighted by Gasteiger charge is 2.63. The summed E-state index contributed by atoms with van der Waals surface area (Å²) in [6.45, 7) is 2.76. The summed E-state index contributed by atoms with van der Waals surface area (Å²) in [5.74, 6) is -1.77. The first kappa shape index (κ1) is 17.9. The lowest BCUT2D eigenvalue weighted by Gasteiger charge is -2.30. The second-order valence-corrected chi connectivity index (χ2v) is 5.14. The van der Waals surface area contributed by atoms with E-state index in [0.29, 0.717) is 5.69 Å². The highest BCUT2D eigenvalue weighted by atomic mass is 19.4. The molecule has 0 fully saturated rings. The molecule has 1 aromatic heterocycles. The number of halogens is 3. The number of aryl methyl sites for hydroxylation is 1. The topological polar surface area (TPSA) is 59.4 Å². The normalized spacial score (nSPS) is 14.1. The van der Waals surface area contributed by atoms with Crippen LogP contribution in [0.1, 0.15) is 18.2 Å². The molecule has 128 valence electrons. The van der Waals surface area contributed by atoms with Gasteiger partial charge in [0.05, 0.1) is 12.3 Å². The van der Waals surface area contributed by atoms with E-state index in [1.54, 1.807) is 19.1 Å². The van der Waals surface area contributed by atoms with Crippen LogP contribution in [-0.2, 0) is 15.1 Å². The van der Waals surface area contributed by atoms with Crippen molar-refractivity contribution < 1.29 is 27.8 Å². The van der Waals surface area contributed by atoms with Gasteiger partial charge in [0, 0.05) is 16.8 Å². The molecule has 0 bridgehead atoms. The third kappa shape index (κ3) is 3.12. The monoisotopic (exact) mass is 339 g/mol. The number of benzene rings is 1. The Morgan fingerprint density at radius 2 is 1.83 bits per heavy atom. The van der Waals surface area contributed by atoms with Crippen molar-refractivity contribution in [1.29, 1.82) is 0 Å². The van der Waals surface area contributed by atoms with Crippen molar-refractivity contribution >= 4 is 5.97 Å². The minimum absolute atomic E-state index is 0.00841. The highest BCUT2D eigenvalue weighted by molar-refractivity contribution is 5.85. The molecule has 0 spiro atoms. The molecule has 4 nitrogen and oxygen atoms in total. The predicted octanol–water partition coefficient (Wildman–Crippen LogP) is 3.37. The second-order valence-electron chi connectivity index (χ2n) is 5.14. The van der Waals surface area contributed by atoms with Crippen LogP contribution in [0.5, 0.6) is 0 Å². The maximum atomic E-state index is 13.6. The first-order chi connectivity index (χ1) is 11.2. The number of hydrogen-bond donors (Lipinski definition) is 1. The average Bonchev–Trinajstić information content (AvgIpc) is 2.53. The summed E-state index contributed by atoms with van der Waals surface area (Å²) in [5.41, 5.74) is -3.57. The van der Waals surface area contributed by atoms with Crippen molar-refractivity contribution in [2.75, 3.05) is 6.61 Å².